The van der Waals surface area contributed by atoms with Gasteiger partial charge in [0, 0.05) is 13.1 Å². The number of anilines is 2. The zero-order valence-electron chi connectivity index (χ0n) is 16.8. The SMILES string of the molecule is CCC1=NN(c2ccc(C(=O)O)cc2)C(=O)C1=Cc1ccc(N(CC)CC)cn1. The molecule has 3 rings (SSSR count). The fraction of sp³-hybridized carbons (Fsp3) is 0.273. The van der Waals surface area contributed by atoms with Crippen molar-refractivity contribution in [3.05, 3.63) is 59.4 Å². The number of carboxylic acids is 1. The summed E-state index contributed by atoms with van der Waals surface area (Å²) in [6.45, 7) is 7.93. The number of carboxylic acid groups (broad SMARTS) is 1. The second-order valence-corrected chi connectivity index (χ2v) is 6.54. The Morgan fingerprint density at radius 2 is 1.79 bits per heavy atom. The minimum Gasteiger partial charge on any atom is -0.478 e. The highest BCUT2D eigenvalue weighted by atomic mass is 16.4. The summed E-state index contributed by atoms with van der Waals surface area (Å²) < 4.78 is 0. The van der Waals surface area contributed by atoms with Crippen molar-refractivity contribution in [2.24, 2.45) is 5.10 Å². The van der Waals surface area contributed by atoms with E-state index in [1.807, 2.05) is 25.3 Å². The molecule has 1 aromatic carbocycles. The first-order valence-electron chi connectivity index (χ1n) is 9.66. The smallest absolute Gasteiger partial charge is 0.335 e. The number of hydrazone groups is 1. The molecule has 0 saturated heterocycles. The normalized spacial score (nSPS) is 15.0. The summed E-state index contributed by atoms with van der Waals surface area (Å²) in [5.74, 6) is -1.26. The van der Waals surface area contributed by atoms with Gasteiger partial charge in [0.1, 0.15) is 0 Å². The number of hydrogen-bond acceptors (Lipinski definition) is 5. The molecule has 7 heteroatoms. The number of benzene rings is 1. The lowest BCUT2D eigenvalue weighted by Crippen LogP contribution is -2.22. The third-order valence-electron chi connectivity index (χ3n) is 4.84. The van der Waals surface area contributed by atoms with Crippen LogP contribution in [-0.2, 0) is 4.79 Å². The molecular weight excluding hydrogens is 368 g/mol. The second kappa shape index (κ2) is 8.68. The van der Waals surface area contributed by atoms with Crippen molar-refractivity contribution in [2.45, 2.75) is 27.2 Å². The molecule has 0 spiro atoms. The lowest BCUT2D eigenvalue weighted by atomic mass is 10.1. The van der Waals surface area contributed by atoms with Crippen LogP contribution in [0.25, 0.3) is 6.08 Å². The predicted octanol–water partition coefficient (Wildman–Crippen LogP) is 3.82. The largest absolute Gasteiger partial charge is 0.478 e. The lowest BCUT2D eigenvalue weighted by molar-refractivity contribution is -0.114. The van der Waals surface area contributed by atoms with Crippen LogP contribution in [0, 0.1) is 0 Å². The highest BCUT2D eigenvalue weighted by Gasteiger charge is 2.30. The summed E-state index contributed by atoms with van der Waals surface area (Å²) >= 11 is 0. The Balaban J connectivity index is 1.87. The van der Waals surface area contributed by atoms with Gasteiger partial charge in [-0.1, -0.05) is 6.92 Å². The highest BCUT2D eigenvalue weighted by molar-refractivity contribution is 6.32. The number of carbonyl (C=O) groups is 2. The molecule has 29 heavy (non-hydrogen) atoms. The Kier molecular flexibility index (Phi) is 6.07. The molecule has 7 nitrogen and oxygen atoms in total. The van der Waals surface area contributed by atoms with E-state index in [-0.39, 0.29) is 11.5 Å². The van der Waals surface area contributed by atoms with E-state index in [4.69, 9.17) is 5.11 Å². The van der Waals surface area contributed by atoms with E-state index in [0.29, 0.717) is 29.1 Å². The quantitative estimate of drug-likeness (QED) is 0.724. The topological polar surface area (TPSA) is 86.1 Å². The van der Waals surface area contributed by atoms with E-state index < -0.39 is 5.97 Å². The van der Waals surface area contributed by atoms with Gasteiger partial charge in [0.25, 0.3) is 5.91 Å². The maximum absolute atomic E-state index is 13.0. The van der Waals surface area contributed by atoms with Crippen LogP contribution in [-0.4, -0.2) is 40.8 Å². The molecule has 1 amide bonds. The van der Waals surface area contributed by atoms with E-state index in [1.54, 1.807) is 18.2 Å². The number of carbonyl (C=O) groups excluding carboxylic acids is 1. The van der Waals surface area contributed by atoms with Crippen LogP contribution in [0.3, 0.4) is 0 Å². The van der Waals surface area contributed by atoms with Gasteiger partial charge >= 0.3 is 5.97 Å². The molecule has 0 atom stereocenters. The minimum atomic E-state index is -1.01. The predicted molar refractivity (Wildman–Crippen MR) is 114 cm³/mol. The van der Waals surface area contributed by atoms with Gasteiger partial charge < -0.3 is 10.0 Å². The molecule has 0 saturated carbocycles. The number of nitrogens with zero attached hydrogens (tertiary/aromatic N) is 4. The maximum Gasteiger partial charge on any atom is 0.335 e. The van der Waals surface area contributed by atoms with Gasteiger partial charge in [0.05, 0.1) is 40.1 Å². The summed E-state index contributed by atoms with van der Waals surface area (Å²) in [4.78, 5) is 30.7. The molecule has 0 unspecified atom stereocenters. The zero-order chi connectivity index (χ0) is 21.0. The van der Waals surface area contributed by atoms with Gasteiger partial charge in [0.2, 0.25) is 0 Å². The number of amides is 1. The number of pyridine rings is 1. The first-order chi connectivity index (χ1) is 14.0. The second-order valence-electron chi connectivity index (χ2n) is 6.54. The Labute approximate surface area is 170 Å². The average molecular weight is 392 g/mol. The van der Waals surface area contributed by atoms with Gasteiger partial charge in [-0.05, 0) is 62.7 Å². The van der Waals surface area contributed by atoms with Crippen molar-refractivity contribution < 1.29 is 14.7 Å². The first kappa shape index (κ1) is 20.3. The first-order valence-corrected chi connectivity index (χ1v) is 9.66. The van der Waals surface area contributed by atoms with Crippen molar-refractivity contribution in [2.75, 3.05) is 23.0 Å². The Bertz CT molecular complexity index is 959. The molecule has 0 radical (unpaired) electrons. The fourth-order valence-electron chi connectivity index (χ4n) is 3.19. The van der Waals surface area contributed by atoms with Gasteiger partial charge in [0.15, 0.2) is 0 Å². The monoisotopic (exact) mass is 392 g/mol. The third-order valence-corrected chi connectivity index (χ3v) is 4.84. The fourth-order valence-corrected chi connectivity index (χ4v) is 3.19. The summed E-state index contributed by atoms with van der Waals surface area (Å²) in [6, 6.07) is 9.97. The number of aromatic carboxylic acids is 1. The van der Waals surface area contributed by atoms with E-state index in [9.17, 15) is 9.59 Å². The minimum absolute atomic E-state index is 0.161. The standard InChI is InChI=1S/C22H24N4O3/c1-4-20-19(13-16-9-12-18(14-23-16)25(5-2)6-3)21(27)26(24-20)17-10-7-15(8-11-17)22(28)29/h7-14H,4-6H2,1-3H3,(H,28,29). The summed E-state index contributed by atoms with van der Waals surface area (Å²) in [5.41, 5.74) is 3.59. The van der Waals surface area contributed by atoms with Crippen LogP contribution < -0.4 is 9.91 Å². The van der Waals surface area contributed by atoms with Crippen LogP contribution in [0.2, 0.25) is 0 Å². The van der Waals surface area contributed by atoms with Crippen molar-refractivity contribution in [3.8, 4) is 0 Å². The molecule has 1 aliphatic rings. The molecule has 2 aromatic rings. The number of hydrogen-bond donors (Lipinski definition) is 1. The molecule has 1 aliphatic heterocycles. The molecular formula is C22H24N4O3. The van der Waals surface area contributed by atoms with Gasteiger partial charge in [-0.2, -0.15) is 10.1 Å². The molecule has 0 aliphatic carbocycles. The average Bonchev–Trinajstić information content (AvgIpc) is 3.05. The van der Waals surface area contributed by atoms with E-state index in [1.165, 1.54) is 17.1 Å². The van der Waals surface area contributed by atoms with Crippen molar-refractivity contribution in [1.82, 2.24) is 4.98 Å². The van der Waals surface area contributed by atoms with E-state index in [2.05, 4.69) is 28.8 Å². The molecule has 1 N–H and O–H groups in total. The van der Waals surface area contributed by atoms with Crippen molar-refractivity contribution in [1.29, 1.82) is 0 Å². The van der Waals surface area contributed by atoms with Crippen molar-refractivity contribution >= 4 is 35.0 Å². The zero-order valence-corrected chi connectivity index (χ0v) is 16.8. The lowest BCUT2D eigenvalue weighted by Gasteiger charge is -2.20. The number of aromatic nitrogens is 1. The molecule has 0 bridgehead atoms. The Morgan fingerprint density at radius 3 is 2.31 bits per heavy atom. The van der Waals surface area contributed by atoms with Crippen LogP contribution >= 0.6 is 0 Å². The van der Waals surface area contributed by atoms with Gasteiger partial charge in [-0.3, -0.25) is 9.78 Å². The van der Waals surface area contributed by atoms with Crippen LogP contribution in [0.15, 0.2) is 53.3 Å². The summed E-state index contributed by atoms with van der Waals surface area (Å²) in [6.07, 6.45) is 4.16. The molecule has 2 heterocycles. The van der Waals surface area contributed by atoms with Gasteiger partial charge in [-0.15, -0.1) is 0 Å². The summed E-state index contributed by atoms with van der Waals surface area (Å²) in [7, 11) is 0. The summed E-state index contributed by atoms with van der Waals surface area (Å²) in [5, 5.41) is 14.8. The molecule has 0 fully saturated rings. The maximum atomic E-state index is 13.0. The van der Waals surface area contributed by atoms with E-state index in [0.717, 1.165) is 18.8 Å². The third kappa shape index (κ3) is 4.18. The van der Waals surface area contributed by atoms with Crippen LogP contribution in [0.4, 0.5) is 11.4 Å². The van der Waals surface area contributed by atoms with Crippen LogP contribution in [0.5, 0.6) is 0 Å². The van der Waals surface area contributed by atoms with Crippen LogP contribution in [0.1, 0.15) is 43.2 Å². The Hall–Kier alpha value is -3.48. The molecule has 150 valence electrons. The van der Waals surface area contributed by atoms with Crippen molar-refractivity contribution in [3.63, 3.8) is 0 Å². The Morgan fingerprint density at radius 1 is 1.10 bits per heavy atom. The van der Waals surface area contributed by atoms with Gasteiger partial charge in [-0.25, -0.2) is 4.79 Å². The number of rotatable bonds is 7. The molecule has 1 aromatic heterocycles. The highest BCUT2D eigenvalue weighted by Crippen LogP contribution is 2.26. The van der Waals surface area contributed by atoms with E-state index >= 15 is 0 Å².